The Morgan fingerprint density at radius 1 is 1.04 bits per heavy atom. The van der Waals surface area contributed by atoms with Crippen LogP contribution in [0.3, 0.4) is 0 Å². The number of halogens is 2. The van der Waals surface area contributed by atoms with E-state index >= 15 is 0 Å². The number of aromatic amines is 1. The first-order valence-electron chi connectivity index (χ1n) is 9.29. The Bertz CT molecular complexity index is 1030. The highest BCUT2D eigenvalue weighted by Gasteiger charge is 2.23. The van der Waals surface area contributed by atoms with E-state index in [1.54, 1.807) is 18.2 Å². The first kappa shape index (κ1) is 20.4. The molecule has 28 heavy (non-hydrogen) atoms. The molecule has 0 unspecified atom stereocenters. The lowest BCUT2D eigenvalue weighted by molar-refractivity contribution is -0.120. The molecule has 2 N–H and O–H groups in total. The predicted octanol–water partition coefficient (Wildman–Crippen LogP) is 6.39. The SMILES string of the molecule is CCC(CC)C(=O)Nc1ccc2[nH]c(C)c(C(=O)c3c(Cl)cccc3Cl)c2c1. The fourth-order valence-corrected chi connectivity index (χ4v) is 4.01. The molecular weight excluding hydrogens is 395 g/mol. The van der Waals surface area contributed by atoms with Crippen molar-refractivity contribution in [1.29, 1.82) is 0 Å². The number of aryl methyl sites for hydroxylation is 1. The zero-order valence-electron chi connectivity index (χ0n) is 16.0. The average molecular weight is 417 g/mol. The Morgan fingerprint density at radius 2 is 1.68 bits per heavy atom. The second-order valence-electron chi connectivity index (χ2n) is 6.81. The number of nitrogens with one attached hydrogen (secondary N) is 2. The van der Waals surface area contributed by atoms with Crippen LogP contribution in [0.5, 0.6) is 0 Å². The number of amides is 1. The molecule has 1 aromatic heterocycles. The Balaban J connectivity index is 2.05. The fraction of sp³-hybridized carbons (Fsp3) is 0.273. The molecule has 0 bridgehead atoms. The summed E-state index contributed by atoms with van der Waals surface area (Å²) in [5.41, 5.74) is 2.97. The van der Waals surface area contributed by atoms with E-state index in [4.69, 9.17) is 23.2 Å². The standard InChI is InChI=1S/C22H22Cl2N2O2/c1-4-13(5-2)22(28)26-14-9-10-18-15(11-14)19(12(3)25-18)21(27)20-16(23)7-6-8-17(20)24/h6-11,13,25H,4-5H2,1-3H3,(H,26,28). The van der Waals surface area contributed by atoms with Gasteiger partial charge in [-0.05, 0) is 50.1 Å². The zero-order valence-corrected chi connectivity index (χ0v) is 17.5. The minimum Gasteiger partial charge on any atom is -0.358 e. The Kier molecular flexibility index (Phi) is 6.11. The summed E-state index contributed by atoms with van der Waals surface area (Å²) in [4.78, 5) is 28.9. The van der Waals surface area contributed by atoms with Crippen LogP contribution in [-0.2, 0) is 4.79 Å². The van der Waals surface area contributed by atoms with Crippen molar-refractivity contribution in [2.45, 2.75) is 33.6 Å². The van der Waals surface area contributed by atoms with Crippen molar-refractivity contribution < 1.29 is 9.59 Å². The fourth-order valence-electron chi connectivity index (χ4n) is 3.44. The van der Waals surface area contributed by atoms with Crippen LogP contribution < -0.4 is 5.32 Å². The van der Waals surface area contributed by atoms with Gasteiger partial charge in [-0.25, -0.2) is 0 Å². The third kappa shape index (κ3) is 3.80. The highest BCUT2D eigenvalue weighted by Crippen LogP contribution is 2.32. The number of carbonyl (C=O) groups excluding carboxylic acids is 2. The lowest BCUT2D eigenvalue weighted by Gasteiger charge is -2.13. The average Bonchev–Trinajstić information content (AvgIpc) is 2.97. The van der Waals surface area contributed by atoms with Crippen LogP contribution in [0.4, 0.5) is 5.69 Å². The van der Waals surface area contributed by atoms with Crippen LogP contribution in [0.2, 0.25) is 10.0 Å². The largest absolute Gasteiger partial charge is 0.358 e. The summed E-state index contributed by atoms with van der Waals surface area (Å²) in [6, 6.07) is 10.5. The first-order valence-corrected chi connectivity index (χ1v) is 10.0. The lowest BCUT2D eigenvalue weighted by atomic mass is 9.99. The zero-order chi connectivity index (χ0) is 20.4. The van der Waals surface area contributed by atoms with Crippen LogP contribution in [0.25, 0.3) is 10.9 Å². The third-order valence-corrected chi connectivity index (χ3v) is 5.66. The van der Waals surface area contributed by atoms with Crippen molar-refractivity contribution in [3.8, 4) is 0 Å². The van der Waals surface area contributed by atoms with E-state index in [9.17, 15) is 9.59 Å². The van der Waals surface area contributed by atoms with E-state index in [0.717, 1.165) is 29.4 Å². The molecule has 0 saturated heterocycles. The Labute approximate surface area is 174 Å². The highest BCUT2D eigenvalue weighted by molar-refractivity contribution is 6.41. The van der Waals surface area contributed by atoms with Gasteiger partial charge in [-0.1, -0.05) is 43.1 Å². The van der Waals surface area contributed by atoms with Crippen LogP contribution >= 0.6 is 23.2 Å². The van der Waals surface area contributed by atoms with Crippen LogP contribution in [-0.4, -0.2) is 16.7 Å². The van der Waals surface area contributed by atoms with Gasteiger partial charge in [0, 0.05) is 28.2 Å². The van der Waals surface area contributed by atoms with Crippen LogP contribution in [0.15, 0.2) is 36.4 Å². The van der Waals surface area contributed by atoms with Crippen molar-refractivity contribution in [1.82, 2.24) is 4.98 Å². The number of hydrogen-bond donors (Lipinski definition) is 2. The summed E-state index contributed by atoms with van der Waals surface area (Å²) in [5, 5.41) is 4.30. The van der Waals surface area contributed by atoms with E-state index in [2.05, 4.69) is 10.3 Å². The summed E-state index contributed by atoms with van der Waals surface area (Å²) in [6.45, 7) is 5.83. The number of benzene rings is 2. The number of ketones is 1. The molecule has 1 amide bonds. The van der Waals surface area contributed by atoms with Gasteiger partial charge >= 0.3 is 0 Å². The van der Waals surface area contributed by atoms with Gasteiger partial charge in [-0.15, -0.1) is 0 Å². The van der Waals surface area contributed by atoms with E-state index in [1.807, 2.05) is 39.0 Å². The minimum absolute atomic E-state index is 0.0152. The first-order chi connectivity index (χ1) is 13.4. The van der Waals surface area contributed by atoms with E-state index < -0.39 is 0 Å². The number of hydrogen-bond acceptors (Lipinski definition) is 2. The summed E-state index contributed by atoms with van der Waals surface area (Å²) in [7, 11) is 0. The Morgan fingerprint density at radius 3 is 2.29 bits per heavy atom. The van der Waals surface area contributed by atoms with Crippen molar-refractivity contribution in [3.05, 3.63) is 63.3 Å². The van der Waals surface area contributed by atoms with Gasteiger partial charge in [-0.3, -0.25) is 9.59 Å². The number of carbonyl (C=O) groups is 2. The molecule has 0 radical (unpaired) electrons. The maximum atomic E-state index is 13.2. The molecule has 1 heterocycles. The molecular formula is C22H22Cl2N2O2. The van der Waals surface area contributed by atoms with Gasteiger partial charge in [0.05, 0.1) is 21.2 Å². The van der Waals surface area contributed by atoms with Gasteiger partial charge in [0.25, 0.3) is 0 Å². The van der Waals surface area contributed by atoms with E-state index in [1.165, 1.54) is 0 Å². The molecule has 0 saturated carbocycles. The van der Waals surface area contributed by atoms with E-state index in [-0.39, 0.29) is 23.2 Å². The van der Waals surface area contributed by atoms with Crippen LogP contribution in [0.1, 0.15) is 48.3 Å². The molecule has 0 aliphatic heterocycles. The second kappa shape index (κ2) is 8.38. The normalized spacial score (nSPS) is 11.2. The second-order valence-corrected chi connectivity index (χ2v) is 7.63. The van der Waals surface area contributed by atoms with Gasteiger partial charge in [0.15, 0.2) is 5.78 Å². The predicted molar refractivity (Wildman–Crippen MR) is 116 cm³/mol. The number of aromatic nitrogens is 1. The third-order valence-electron chi connectivity index (χ3n) is 5.03. The van der Waals surface area contributed by atoms with Gasteiger partial charge in [0.1, 0.15) is 0 Å². The number of H-pyrrole nitrogens is 1. The lowest BCUT2D eigenvalue weighted by Crippen LogP contribution is -2.21. The molecule has 146 valence electrons. The quantitative estimate of drug-likeness (QED) is 0.457. The van der Waals surface area contributed by atoms with E-state index in [0.29, 0.717) is 21.3 Å². The van der Waals surface area contributed by atoms with Gasteiger partial charge < -0.3 is 10.3 Å². The van der Waals surface area contributed by atoms with Crippen molar-refractivity contribution in [2.24, 2.45) is 5.92 Å². The number of anilines is 1. The monoisotopic (exact) mass is 416 g/mol. The smallest absolute Gasteiger partial charge is 0.227 e. The van der Waals surface area contributed by atoms with Crippen molar-refractivity contribution >= 4 is 51.5 Å². The minimum atomic E-state index is -0.247. The molecule has 0 aliphatic rings. The molecule has 3 aromatic rings. The Hall–Kier alpha value is -2.30. The molecule has 0 atom stereocenters. The maximum absolute atomic E-state index is 13.2. The van der Waals surface area contributed by atoms with Crippen molar-refractivity contribution in [3.63, 3.8) is 0 Å². The summed E-state index contributed by atoms with van der Waals surface area (Å²) in [6.07, 6.45) is 1.56. The summed E-state index contributed by atoms with van der Waals surface area (Å²) >= 11 is 12.5. The van der Waals surface area contributed by atoms with Gasteiger partial charge in [-0.2, -0.15) is 0 Å². The molecule has 0 aliphatic carbocycles. The molecule has 4 nitrogen and oxygen atoms in total. The topological polar surface area (TPSA) is 62.0 Å². The summed E-state index contributed by atoms with van der Waals surface area (Å²) < 4.78 is 0. The molecule has 2 aromatic carbocycles. The number of fused-ring (bicyclic) bond motifs is 1. The molecule has 3 rings (SSSR count). The summed E-state index contributed by atoms with van der Waals surface area (Å²) in [5.74, 6) is -0.298. The number of rotatable bonds is 6. The highest BCUT2D eigenvalue weighted by atomic mass is 35.5. The van der Waals surface area contributed by atoms with Crippen LogP contribution in [0, 0.1) is 12.8 Å². The van der Waals surface area contributed by atoms with Gasteiger partial charge in [0.2, 0.25) is 5.91 Å². The molecule has 0 spiro atoms. The maximum Gasteiger partial charge on any atom is 0.227 e. The molecule has 6 heteroatoms. The van der Waals surface area contributed by atoms with Crippen molar-refractivity contribution in [2.75, 3.05) is 5.32 Å². The molecule has 0 fully saturated rings.